The Labute approximate surface area is 226 Å². The number of hydrogen-bond donors (Lipinski definition) is 2. The number of carbonyl (C=O) groups excluding carboxylic acids is 2. The average molecular weight is 543 g/mol. The Hall–Kier alpha value is -2.30. The number of anilines is 2. The number of thiazole rings is 2. The first-order valence-electron chi connectivity index (χ1n) is 13.5. The van der Waals surface area contributed by atoms with E-state index < -0.39 is 0 Å². The number of aromatic nitrogens is 2. The van der Waals surface area contributed by atoms with Crippen LogP contribution in [0.2, 0.25) is 0 Å². The Morgan fingerprint density at radius 1 is 0.892 bits per heavy atom. The van der Waals surface area contributed by atoms with Crippen molar-refractivity contribution in [3.8, 4) is 0 Å². The van der Waals surface area contributed by atoms with Crippen LogP contribution in [0.1, 0.15) is 50.2 Å². The highest BCUT2D eigenvalue weighted by atomic mass is 32.1. The maximum absolute atomic E-state index is 12.8. The van der Waals surface area contributed by atoms with Gasteiger partial charge in [0.25, 0.3) is 0 Å². The van der Waals surface area contributed by atoms with Crippen LogP contribution in [0, 0.1) is 25.7 Å². The van der Waals surface area contributed by atoms with Crippen molar-refractivity contribution in [3.05, 3.63) is 11.1 Å². The van der Waals surface area contributed by atoms with Crippen LogP contribution in [0.4, 0.5) is 10.3 Å². The molecular weight excluding hydrogens is 504 g/mol. The first-order chi connectivity index (χ1) is 17.8. The van der Waals surface area contributed by atoms with E-state index >= 15 is 0 Å². The second kappa shape index (κ2) is 11.2. The molecule has 0 radical (unpaired) electrons. The fraction of sp³-hybridized carbons (Fsp3) is 0.630. The van der Waals surface area contributed by atoms with Crippen LogP contribution in [0.25, 0.3) is 20.4 Å². The van der Waals surface area contributed by atoms with Gasteiger partial charge in [-0.25, -0.2) is 9.97 Å². The van der Waals surface area contributed by atoms with E-state index in [4.69, 9.17) is 9.97 Å². The maximum Gasteiger partial charge on any atom is 0.241 e. The van der Waals surface area contributed by atoms with Gasteiger partial charge in [-0.3, -0.25) is 9.59 Å². The second-order valence-corrected chi connectivity index (χ2v) is 12.8. The zero-order chi connectivity index (χ0) is 26.1. The minimum atomic E-state index is 0.138. The first-order valence-corrected chi connectivity index (χ1v) is 15.1. The maximum atomic E-state index is 12.8. The molecule has 5 rings (SSSR count). The molecule has 2 atom stereocenters. The minimum absolute atomic E-state index is 0.138. The zero-order valence-electron chi connectivity index (χ0n) is 22.4. The van der Waals surface area contributed by atoms with Gasteiger partial charge in [-0.1, -0.05) is 29.6 Å². The molecule has 1 aromatic carbocycles. The molecular formula is C27H38N6O2S2. The summed E-state index contributed by atoms with van der Waals surface area (Å²) in [5, 5.41) is 8.12. The van der Waals surface area contributed by atoms with Gasteiger partial charge in [-0.2, -0.15) is 0 Å². The number of carbonyl (C=O) groups is 2. The second-order valence-electron chi connectivity index (χ2n) is 10.8. The monoisotopic (exact) mass is 542 g/mol. The van der Waals surface area contributed by atoms with Crippen LogP contribution < -0.4 is 10.6 Å². The molecule has 2 aliphatic heterocycles. The lowest BCUT2D eigenvalue weighted by Gasteiger charge is -2.20. The third-order valence-corrected chi connectivity index (χ3v) is 10.3. The lowest BCUT2D eigenvalue weighted by molar-refractivity contribution is -0.128. The quantitative estimate of drug-likeness (QED) is 0.418. The van der Waals surface area contributed by atoms with E-state index in [0.29, 0.717) is 24.8 Å². The summed E-state index contributed by atoms with van der Waals surface area (Å²) < 4.78 is 2.20. The predicted octanol–water partition coefficient (Wildman–Crippen LogP) is 4.91. The molecule has 2 N–H and O–H groups in total. The van der Waals surface area contributed by atoms with E-state index in [1.54, 1.807) is 22.7 Å². The van der Waals surface area contributed by atoms with Crippen molar-refractivity contribution in [2.45, 2.75) is 52.9 Å². The number of likely N-dealkylation sites (tertiary alicyclic amines) is 2. The first kappa shape index (κ1) is 26.3. The van der Waals surface area contributed by atoms with E-state index in [2.05, 4.69) is 43.4 Å². The Morgan fingerprint density at radius 3 is 2.08 bits per heavy atom. The van der Waals surface area contributed by atoms with Gasteiger partial charge in [-0.15, -0.1) is 0 Å². The van der Waals surface area contributed by atoms with Crippen LogP contribution in [0.5, 0.6) is 0 Å². The van der Waals surface area contributed by atoms with Gasteiger partial charge in [-0.05, 0) is 82.6 Å². The summed E-state index contributed by atoms with van der Waals surface area (Å²) in [4.78, 5) is 39.2. The molecule has 200 valence electrons. The molecule has 0 bridgehead atoms. The lowest BCUT2D eigenvalue weighted by Crippen LogP contribution is -2.32. The number of amides is 1. The molecule has 0 spiro atoms. The molecule has 1 amide bonds. The molecule has 4 heterocycles. The van der Waals surface area contributed by atoms with E-state index in [9.17, 15) is 9.59 Å². The minimum Gasteiger partial charge on any atom is -0.354 e. The molecule has 2 aromatic heterocycles. The summed E-state index contributed by atoms with van der Waals surface area (Å²) in [6.07, 6.45) is 5.08. The number of rotatable bonds is 8. The molecule has 2 fully saturated rings. The van der Waals surface area contributed by atoms with Crippen molar-refractivity contribution in [3.63, 3.8) is 0 Å². The smallest absolute Gasteiger partial charge is 0.241 e. The van der Waals surface area contributed by atoms with E-state index in [1.165, 1.54) is 0 Å². The summed E-state index contributed by atoms with van der Waals surface area (Å²) in [5.41, 5.74) is 4.12. The van der Waals surface area contributed by atoms with Crippen LogP contribution >= 0.6 is 22.7 Å². The van der Waals surface area contributed by atoms with Crippen LogP contribution in [-0.2, 0) is 9.59 Å². The summed E-state index contributed by atoms with van der Waals surface area (Å²) in [5.74, 6) is 1.44. The average Bonchev–Trinajstić information content (AvgIpc) is 3.64. The van der Waals surface area contributed by atoms with Crippen molar-refractivity contribution >= 4 is 65.1 Å². The van der Waals surface area contributed by atoms with Gasteiger partial charge < -0.3 is 20.4 Å². The number of hydrogen-bond acceptors (Lipinski definition) is 9. The number of nitrogens with zero attached hydrogens (tertiary/aromatic N) is 4. The van der Waals surface area contributed by atoms with Gasteiger partial charge in [0, 0.05) is 19.5 Å². The van der Waals surface area contributed by atoms with Crippen LogP contribution in [-0.4, -0.2) is 77.8 Å². The fourth-order valence-electron chi connectivity index (χ4n) is 5.54. The van der Waals surface area contributed by atoms with Crippen molar-refractivity contribution in [2.24, 2.45) is 11.8 Å². The van der Waals surface area contributed by atoms with Crippen molar-refractivity contribution in [1.29, 1.82) is 0 Å². The van der Waals surface area contributed by atoms with Gasteiger partial charge in [0.1, 0.15) is 0 Å². The SMILES string of the molecule is Cc1c2nc(NCC(=O)N3CCCC3)sc2c(C)c2nc(NCC(=O)CC3CCN(C)CCC3C)sc12. The van der Waals surface area contributed by atoms with E-state index in [1.807, 2.05) is 4.90 Å². The summed E-state index contributed by atoms with van der Waals surface area (Å²) >= 11 is 3.17. The normalized spacial score (nSPS) is 21.0. The Balaban J connectivity index is 1.25. The van der Waals surface area contributed by atoms with E-state index in [-0.39, 0.29) is 18.2 Å². The molecule has 10 heteroatoms. The molecule has 2 saturated heterocycles. The van der Waals surface area contributed by atoms with Crippen molar-refractivity contribution in [1.82, 2.24) is 19.8 Å². The molecule has 0 saturated carbocycles. The molecule has 8 nitrogen and oxygen atoms in total. The number of benzene rings is 1. The highest BCUT2D eigenvalue weighted by molar-refractivity contribution is 7.24. The molecule has 2 aliphatic rings. The van der Waals surface area contributed by atoms with Gasteiger partial charge in [0.2, 0.25) is 5.91 Å². The topological polar surface area (TPSA) is 90.5 Å². The summed E-state index contributed by atoms with van der Waals surface area (Å²) in [6.45, 7) is 11.0. The third-order valence-electron chi connectivity index (χ3n) is 8.07. The molecule has 2 unspecified atom stereocenters. The van der Waals surface area contributed by atoms with Crippen molar-refractivity contribution < 1.29 is 9.59 Å². The Kier molecular flexibility index (Phi) is 7.97. The highest BCUT2D eigenvalue weighted by Gasteiger charge is 2.25. The van der Waals surface area contributed by atoms with Gasteiger partial charge in [0.15, 0.2) is 16.0 Å². The summed E-state index contributed by atoms with van der Waals surface area (Å²) in [7, 11) is 2.17. The number of nitrogens with one attached hydrogen (secondary N) is 2. The van der Waals surface area contributed by atoms with Gasteiger partial charge >= 0.3 is 0 Å². The molecule has 37 heavy (non-hydrogen) atoms. The molecule has 3 aromatic rings. The standard InChI is InChI=1S/C27H38N6O2S2/c1-16-7-11-32(4)12-8-19(16)13-20(34)14-28-26-30-22-17(2)25-23(18(3)24(22)36-26)31-27(37-25)29-15-21(35)33-9-5-6-10-33/h16,19H,5-15H2,1-4H3,(H,28,30)(H,29,31). The van der Waals surface area contributed by atoms with Crippen LogP contribution in [0.15, 0.2) is 0 Å². The number of fused-ring (bicyclic) bond motifs is 2. The van der Waals surface area contributed by atoms with E-state index in [0.717, 1.165) is 93.7 Å². The van der Waals surface area contributed by atoms with Gasteiger partial charge in [0.05, 0.1) is 33.5 Å². The van der Waals surface area contributed by atoms with Crippen molar-refractivity contribution in [2.75, 3.05) is 56.9 Å². The lowest BCUT2D eigenvalue weighted by atomic mass is 9.85. The Bertz CT molecular complexity index is 1240. The number of ketones is 1. The molecule has 0 aliphatic carbocycles. The van der Waals surface area contributed by atoms with Crippen LogP contribution in [0.3, 0.4) is 0 Å². The zero-order valence-corrected chi connectivity index (χ0v) is 24.0. The number of Topliss-reactive ketones (excluding diaryl/α,β-unsaturated/α-hetero) is 1. The highest BCUT2D eigenvalue weighted by Crippen LogP contribution is 2.40. The third kappa shape index (κ3) is 5.76. The predicted molar refractivity (Wildman–Crippen MR) is 154 cm³/mol. The largest absolute Gasteiger partial charge is 0.354 e. The summed E-state index contributed by atoms with van der Waals surface area (Å²) in [6, 6.07) is 0. The number of aryl methyl sites for hydroxylation is 2. The Morgan fingerprint density at radius 2 is 1.46 bits per heavy atom. The fourth-order valence-corrected chi connectivity index (χ4v) is 7.58.